The van der Waals surface area contributed by atoms with Crippen LogP contribution in [0, 0.1) is 0 Å². The van der Waals surface area contributed by atoms with Gasteiger partial charge in [0.05, 0.1) is 18.9 Å². The molecule has 1 aromatic heterocycles. The average molecular weight is 366 g/mol. The molecule has 2 aliphatic rings. The number of rotatable bonds is 4. The highest BCUT2D eigenvalue weighted by Gasteiger charge is 2.17. The number of carbonyl (C=O) groups is 1. The molecule has 0 atom stereocenters. The lowest BCUT2D eigenvalue weighted by atomic mass is 9.95. The molecule has 2 heterocycles. The van der Waals surface area contributed by atoms with Crippen molar-refractivity contribution in [1.82, 2.24) is 15.3 Å². The minimum Gasteiger partial charge on any atom is -0.378 e. The number of nitrogens with zero attached hydrogens (tertiary/aromatic N) is 3. The highest BCUT2D eigenvalue weighted by molar-refractivity contribution is 5.94. The monoisotopic (exact) mass is 366 g/mol. The number of hydrogen-bond donors (Lipinski definition) is 1. The summed E-state index contributed by atoms with van der Waals surface area (Å²) in [6, 6.07) is 10.0. The maximum atomic E-state index is 12.5. The van der Waals surface area contributed by atoms with Gasteiger partial charge in [-0.05, 0) is 25.0 Å². The van der Waals surface area contributed by atoms with Crippen LogP contribution in [0.5, 0.6) is 0 Å². The lowest BCUT2D eigenvalue weighted by Crippen LogP contribution is -2.36. The zero-order chi connectivity index (χ0) is 18.5. The van der Waals surface area contributed by atoms with Gasteiger partial charge in [-0.15, -0.1) is 0 Å². The molecule has 2 aromatic rings. The molecule has 2 fully saturated rings. The van der Waals surface area contributed by atoms with Gasteiger partial charge in [-0.25, -0.2) is 9.97 Å². The number of ether oxygens (including phenoxy) is 1. The first-order valence-corrected chi connectivity index (χ1v) is 9.86. The van der Waals surface area contributed by atoms with Crippen molar-refractivity contribution in [2.75, 3.05) is 31.2 Å². The molecule has 0 bridgehead atoms. The smallest absolute Gasteiger partial charge is 0.251 e. The average Bonchev–Trinajstić information content (AvgIpc) is 2.75. The van der Waals surface area contributed by atoms with Crippen LogP contribution in [-0.4, -0.2) is 48.2 Å². The van der Waals surface area contributed by atoms with Gasteiger partial charge in [0.2, 0.25) is 0 Å². The van der Waals surface area contributed by atoms with E-state index in [0.717, 1.165) is 56.2 Å². The molecule has 1 aliphatic heterocycles. The van der Waals surface area contributed by atoms with Crippen LogP contribution in [0.25, 0.3) is 11.3 Å². The Morgan fingerprint density at radius 3 is 2.52 bits per heavy atom. The van der Waals surface area contributed by atoms with Crippen molar-refractivity contribution in [2.24, 2.45) is 0 Å². The predicted octanol–water partition coefficient (Wildman–Crippen LogP) is 3.04. The minimum absolute atomic E-state index is 0.0187. The Bertz CT molecular complexity index is 766. The van der Waals surface area contributed by atoms with Gasteiger partial charge in [0.15, 0.2) is 0 Å². The normalized spacial score (nSPS) is 18.3. The highest BCUT2D eigenvalue weighted by Crippen LogP contribution is 2.22. The molecule has 1 saturated heterocycles. The van der Waals surface area contributed by atoms with Crippen LogP contribution in [-0.2, 0) is 4.74 Å². The van der Waals surface area contributed by atoms with E-state index < -0.39 is 0 Å². The molecule has 1 aromatic carbocycles. The summed E-state index contributed by atoms with van der Waals surface area (Å²) in [4.78, 5) is 23.5. The summed E-state index contributed by atoms with van der Waals surface area (Å²) < 4.78 is 5.40. The Balaban J connectivity index is 1.44. The van der Waals surface area contributed by atoms with Gasteiger partial charge in [0.25, 0.3) is 5.91 Å². The number of carbonyl (C=O) groups excluding carboxylic acids is 1. The lowest BCUT2D eigenvalue weighted by Gasteiger charge is -2.27. The van der Waals surface area contributed by atoms with Crippen LogP contribution in [0.15, 0.2) is 36.7 Å². The third kappa shape index (κ3) is 4.45. The highest BCUT2D eigenvalue weighted by atomic mass is 16.5. The van der Waals surface area contributed by atoms with E-state index in [1.54, 1.807) is 6.33 Å². The number of anilines is 1. The Morgan fingerprint density at radius 2 is 1.78 bits per heavy atom. The summed E-state index contributed by atoms with van der Waals surface area (Å²) in [6.07, 6.45) is 7.49. The quantitative estimate of drug-likeness (QED) is 0.901. The fraction of sp³-hybridized carbons (Fsp3) is 0.476. The standard InChI is InChI=1S/C21H26N4O2/c26-21(24-18-4-2-1-3-5-18)17-8-6-16(7-9-17)19-14-20(23-15-22-19)25-10-12-27-13-11-25/h6-9,14-15,18H,1-5,10-13H2,(H,24,26). The van der Waals surface area contributed by atoms with Gasteiger partial charge >= 0.3 is 0 Å². The largest absolute Gasteiger partial charge is 0.378 e. The number of aromatic nitrogens is 2. The number of benzene rings is 1. The summed E-state index contributed by atoms with van der Waals surface area (Å²) in [5, 5.41) is 3.16. The Kier molecular flexibility index (Phi) is 5.63. The maximum Gasteiger partial charge on any atom is 0.251 e. The molecule has 6 nitrogen and oxygen atoms in total. The van der Waals surface area contributed by atoms with Gasteiger partial charge < -0.3 is 15.0 Å². The summed E-state index contributed by atoms with van der Waals surface area (Å²) in [6.45, 7) is 3.14. The Morgan fingerprint density at radius 1 is 1.04 bits per heavy atom. The molecule has 1 aliphatic carbocycles. The van der Waals surface area contributed by atoms with Gasteiger partial charge in [0.1, 0.15) is 12.1 Å². The van der Waals surface area contributed by atoms with E-state index in [9.17, 15) is 4.79 Å². The third-order valence-corrected chi connectivity index (χ3v) is 5.37. The topological polar surface area (TPSA) is 67.4 Å². The molecule has 142 valence electrons. The predicted molar refractivity (Wildman–Crippen MR) is 105 cm³/mol. The molecule has 4 rings (SSSR count). The first kappa shape index (κ1) is 17.9. The lowest BCUT2D eigenvalue weighted by molar-refractivity contribution is 0.0927. The SMILES string of the molecule is O=C(NC1CCCCC1)c1ccc(-c2cc(N3CCOCC3)ncn2)cc1. The van der Waals surface area contributed by atoms with E-state index in [1.165, 1.54) is 19.3 Å². The zero-order valence-corrected chi connectivity index (χ0v) is 15.6. The molecular weight excluding hydrogens is 340 g/mol. The third-order valence-electron chi connectivity index (χ3n) is 5.37. The first-order valence-electron chi connectivity index (χ1n) is 9.86. The Labute approximate surface area is 160 Å². The van der Waals surface area contributed by atoms with Crippen LogP contribution in [0.1, 0.15) is 42.5 Å². The molecule has 0 spiro atoms. The van der Waals surface area contributed by atoms with Crippen molar-refractivity contribution in [2.45, 2.75) is 38.1 Å². The van der Waals surface area contributed by atoms with Crippen LogP contribution >= 0.6 is 0 Å². The second-order valence-corrected chi connectivity index (χ2v) is 7.25. The Hall–Kier alpha value is -2.47. The van der Waals surface area contributed by atoms with E-state index >= 15 is 0 Å². The second-order valence-electron chi connectivity index (χ2n) is 7.25. The molecule has 1 saturated carbocycles. The minimum atomic E-state index is 0.0187. The second kappa shape index (κ2) is 8.48. The molecule has 6 heteroatoms. The van der Waals surface area contributed by atoms with Crippen LogP contribution in [0.3, 0.4) is 0 Å². The molecule has 1 amide bonds. The number of morpholine rings is 1. The van der Waals surface area contributed by atoms with E-state index in [-0.39, 0.29) is 5.91 Å². The van der Waals surface area contributed by atoms with Crippen LogP contribution < -0.4 is 10.2 Å². The summed E-state index contributed by atoms with van der Waals surface area (Å²) in [5.41, 5.74) is 2.55. The van der Waals surface area contributed by atoms with Crippen LogP contribution in [0.2, 0.25) is 0 Å². The van der Waals surface area contributed by atoms with Crippen LogP contribution in [0.4, 0.5) is 5.82 Å². The molecule has 27 heavy (non-hydrogen) atoms. The van der Waals surface area contributed by atoms with E-state index in [4.69, 9.17) is 4.74 Å². The van der Waals surface area contributed by atoms with Gasteiger partial charge in [-0.1, -0.05) is 31.4 Å². The van der Waals surface area contributed by atoms with E-state index in [2.05, 4.69) is 20.2 Å². The summed E-state index contributed by atoms with van der Waals surface area (Å²) >= 11 is 0. The number of amides is 1. The summed E-state index contributed by atoms with van der Waals surface area (Å²) in [5.74, 6) is 0.938. The number of nitrogens with one attached hydrogen (secondary N) is 1. The number of hydrogen-bond acceptors (Lipinski definition) is 5. The fourth-order valence-electron chi connectivity index (χ4n) is 3.78. The van der Waals surface area contributed by atoms with E-state index in [0.29, 0.717) is 11.6 Å². The van der Waals surface area contributed by atoms with Crippen molar-refractivity contribution < 1.29 is 9.53 Å². The van der Waals surface area contributed by atoms with Crippen molar-refractivity contribution >= 4 is 11.7 Å². The molecule has 1 N–H and O–H groups in total. The van der Waals surface area contributed by atoms with Gasteiger partial charge in [0, 0.05) is 36.3 Å². The zero-order valence-electron chi connectivity index (χ0n) is 15.6. The van der Waals surface area contributed by atoms with Gasteiger partial charge in [-0.3, -0.25) is 4.79 Å². The van der Waals surface area contributed by atoms with E-state index in [1.807, 2.05) is 30.3 Å². The molecule has 0 radical (unpaired) electrons. The molecule has 0 unspecified atom stereocenters. The fourth-order valence-corrected chi connectivity index (χ4v) is 3.78. The maximum absolute atomic E-state index is 12.5. The van der Waals surface area contributed by atoms with Crippen molar-refractivity contribution in [1.29, 1.82) is 0 Å². The van der Waals surface area contributed by atoms with Crippen molar-refractivity contribution in [3.8, 4) is 11.3 Å². The molecular formula is C21H26N4O2. The summed E-state index contributed by atoms with van der Waals surface area (Å²) in [7, 11) is 0. The van der Waals surface area contributed by atoms with Crippen molar-refractivity contribution in [3.63, 3.8) is 0 Å². The van der Waals surface area contributed by atoms with Crippen molar-refractivity contribution in [3.05, 3.63) is 42.2 Å². The van der Waals surface area contributed by atoms with Gasteiger partial charge in [-0.2, -0.15) is 0 Å². The first-order chi connectivity index (χ1) is 13.3.